The molecular weight excluding hydrogens is 248 g/mol. The van der Waals surface area contributed by atoms with Crippen molar-refractivity contribution in [2.24, 2.45) is 5.92 Å². The first kappa shape index (κ1) is 15.2. The van der Waals surface area contributed by atoms with E-state index in [0.717, 1.165) is 36.3 Å². The molecule has 1 aromatic heterocycles. The van der Waals surface area contributed by atoms with Crippen LogP contribution in [0, 0.1) is 12.8 Å². The van der Waals surface area contributed by atoms with E-state index in [4.69, 9.17) is 0 Å². The molecule has 4 nitrogen and oxygen atoms in total. The third-order valence-corrected chi connectivity index (χ3v) is 4.28. The molecule has 2 unspecified atom stereocenters. The van der Waals surface area contributed by atoms with Gasteiger partial charge in [0.1, 0.15) is 11.6 Å². The number of aryl methyl sites for hydroxylation is 1. The van der Waals surface area contributed by atoms with E-state index in [1.165, 1.54) is 25.7 Å². The van der Waals surface area contributed by atoms with Crippen molar-refractivity contribution in [3.05, 3.63) is 17.6 Å². The van der Waals surface area contributed by atoms with Gasteiger partial charge >= 0.3 is 0 Å². The molecule has 1 aromatic rings. The molecule has 20 heavy (non-hydrogen) atoms. The second kappa shape index (κ2) is 7.02. The largest absolute Gasteiger partial charge is 0.370 e. The summed E-state index contributed by atoms with van der Waals surface area (Å²) < 4.78 is 0. The molecular formula is C16H28N4. The average molecular weight is 276 g/mol. The van der Waals surface area contributed by atoms with Crippen LogP contribution in [-0.4, -0.2) is 34.5 Å². The molecule has 0 aromatic carbocycles. The van der Waals surface area contributed by atoms with Crippen LogP contribution in [0.3, 0.4) is 0 Å². The van der Waals surface area contributed by atoms with E-state index in [1.54, 1.807) is 0 Å². The predicted octanol–water partition coefficient (Wildman–Crippen LogP) is 3.23. The van der Waals surface area contributed by atoms with Crippen molar-refractivity contribution in [1.29, 1.82) is 0 Å². The first-order valence-corrected chi connectivity index (χ1v) is 7.88. The van der Waals surface area contributed by atoms with Crippen molar-refractivity contribution >= 4 is 5.82 Å². The summed E-state index contributed by atoms with van der Waals surface area (Å²) in [6.45, 7) is 8.24. The first-order chi connectivity index (χ1) is 9.60. The van der Waals surface area contributed by atoms with Gasteiger partial charge in [-0.15, -0.1) is 0 Å². The molecule has 0 saturated heterocycles. The quantitative estimate of drug-likeness (QED) is 0.896. The maximum absolute atomic E-state index is 4.62. The van der Waals surface area contributed by atoms with Crippen LogP contribution in [0.15, 0.2) is 6.07 Å². The van der Waals surface area contributed by atoms with Crippen molar-refractivity contribution in [3.63, 3.8) is 0 Å². The minimum Gasteiger partial charge on any atom is -0.370 e. The lowest BCUT2D eigenvalue weighted by molar-refractivity contribution is 0.130. The summed E-state index contributed by atoms with van der Waals surface area (Å²) in [5.74, 6) is 2.66. The fraction of sp³-hybridized carbons (Fsp3) is 0.750. The van der Waals surface area contributed by atoms with Gasteiger partial charge in [0.25, 0.3) is 0 Å². The Morgan fingerprint density at radius 1 is 1.30 bits per heavy atom. The second-order valence-corrected chi connectivity index (χ2v) is 6.09. The SMILES string of the molecule is CCNc1cc(C)nc(CN(C)C2CCCCC2C)n1. The second-order valence-electron chi connectivity index (χ2n) is 6.09. The molecule has 2 atom stereocenters. The molecule has 0 radical (unpaired) electrons. The van der Waals surface area contributed by atoms with Crippen molar-refractivity contribution in [2.45, 2.75) is 59.0 Å². The number of aromatic nitrogens is 2. The van der Waals surface area contributed by atoms with E-state index < -0.39 is 0 Å². The molecule has 0 bridgehead atoms. The van der Waals surface area contributed by atoms with Crippen LogP contribution in [-0.2, 0) is 6.54 Å². The van der Waals surface area contributed by atoms with Gasteiger partial charge in [0.05, 0.1) is 6.54 Å². The first-order valence-electron chi connectivity index (χ1n) is 7.88. The van der Waals surface area contributed by atoms with Crippen molar-refractivity contribution in [2.75, 3.05) is 18.9 Å². The molecule has 0 amide bonds. The summed E-state index contributed by atoms with van der Waals surface area (Å²) in [4.78, 5) is 11.6. The number of hydrogen-bond acceptors (Lipinski definition) is 4. The van der Waals surface area contributed by atoms with Crippen molar-refractivity contribution in [1.82, 2.24) is 14.9 Å². The van der Waals surface area contributed by atoms with Crippen molar-refractivity contribution < 1.29 is 0 Å². The highest BCUT2D eigenvalue weighted by Gasteiger charge is 2.25. The van der Waals surface area contributed by atoms with Crippen LogP contribution in [0.5, 0.6) is 0 Å². The van der Waals surface area contributed by atoms with E-state index in [-0.39, 0.29) is 0 Å². The Kier molecular flexibility index (Phi) is 5.35. The molecule has 1 aliphatic rings. The van der Waals surface area contributed by atoms with Gasteiger partial charge in [0.15, 0.2) is 0 Å². The predicted molar refractivity (Wildman–Crippen MR) is 83.8 cm³/mol. The van der Waals surface area contributed by atoms with Gasteiger partial charge in [-0.2, -0.15) is 0 Å². The fourth-order valence-electron chi connectivity index (χ4n) is 3.26. The number of hydrogen-bond donors (Lipinski definition) is 1. The van der Waals surface area contributed by atoms with Gasteiger partial charge in [0, 0.05) is 24.3 Å². The summed E-state index contributed by atoms with van der Waals surface area (Å²) in [6, 6.07) is 2.69. The van der Waals surface area contributed by atoms with Gasteiger partial charge in [-0.05, 0) is 39.7 Å². The zero-order chi connectivity index (χ0) is 14.5. The normalized spacial score (nSPS) is 23.1. The molecule has 1 heterocycles. The third kappa shape index (κ3) is 3.92. The average Bonchev–Trinajstić information content (AvgIpc) is 2.38. The minimum atomic E-state index is 0.676. The van der Waals surface area contributed by atoms with Crippen LogP contribution >= 0.6 is 0 Å². The lowest BCUT2D eigenvalue weighted by Crippen LogP contribution is -2.38. The number of anilines is 1. The van der Waals surface area contributed by atoms with Crippen LogP contribution < -0.4 is 5.32 Å². The monoisotopic (exact) mass is 276 g/mol. The van der Waals surface area contributed by atoms with Gasteiger partial charge in [0.2, 0.25) is 0 Å². The standard InChI is InChI=1S/C16H28N4/c1-5-17-15-10-13(3)18-16(19-15)11-20(4)14-9-7-6-8-12(14)2/h10,12,14H,5-9,11H2,1-4H3,(H,17,18,19). The Bertz CT molecular complexity index is 432. The Morgan fingerprint density at radius 2 is 2.05 bits per heavy atom. The lowest BCUT2D eigenvalue weighted by atomic mass is 9.85. The Balaban J connectivity index is 2.04. The zero-order valence-corrected chi connectivity index (χ0v) is 13.3. The number of nitrogens with one attached hydrogen (secondary N) is 1. The molecule has 0 aliphatic heterocycles. The summed E-state index contributed by atoms with van der Waals surface area (Å²) in [5.41, 5.74) is 1.04. The van der Waals surface area contributed by atoms with Gasteiger partial charge in [-0.25, -0.2) is 9.97 Å². The van der Waals surface area contributed by atoms with Crippen LogP contribution in [0.4, 0.5) is 5.82 Å². The fourth-order valence-corrected chi connectivity index (χ4v) is 3.26. The molecule has 0 spiro atoms. The lowest BCUT2D eigenvalue weighted by Gasteiger charge is -2.35. The summed E-state index contributed by atoms with van der Waals surface area (Å²) in [5, 5.41) is 3.28. The van der Waals surface area contributed by atoms with Crippen LogP contribution in [0.2, 0.25) is 0 Å². The highest BCUT2D eigenvalue weighted by atomic mass is 15.2. The minimum absolute atomic E-state index is 0.676. The zero-order valence-electron chi connectivity index (χ0n) is 13.3. The molecule has 2 rings (SSSR count). The molecule has 112 valence electrons. The van der Waals surface area contributed by atoms with Crippen LogP contribution in [0.25, 0.3) is 0 Å². The van der Waals surface area contributed by atoms with Gasteiger partial charge in [-0.1, -0.05) is 19.8 Å². The summed E-state index contributed by atoms with van der Waals surface area (Å²) >= 11 is 0. The number of rotatable bonds is 5. The molecule has 1 saturated carbocycles. The Hall–Kier alpha value is -1.16. The van der Waals surface area contributed by atoms with Gasteiger partial charge < -0.3 is 5.32 Å². The smallest absolute Gasteiger partial charge is 0.144 e. The topological polar surface area (TPSA) is 41.1 Å². The van der Waals surface area contributed by atoms with Gasteiger partial charge in [-0.3, -0.25) is 4.90 Å². The Labute approximate surface area is 123 Å². The van der Waals surface area contributed by atoms with E-state index in [2.05, 4.69) is 41.1 Å². The van der Waals surface area contributed by atoms with E-state index in [0.29, 0.717) is 6.04 Å². The molecule has 4 heteroatoms. The highest BCUT2D eigenvalue weighted by Crippen LogP contribution is 2.28. The Morgan fingerprint density at radius 3 is 2.75 bits per heavy atom. The molecule has 1 N–H and O–H groups in total. The summed E-state index contributed by atoms with van der Waals surface area (Å²) in [7, 11) is 2.21. The maximum atomic E-state index is 4.62. The maximum Gasteiger partial charge on any atom is 0.144 e. The highest BCUT2D eigenvalue weighted by molar-refractivity contribution is 5.35. The van der Waals surface area contributed by atoms with E-state index in [9.17, 15) is 0 Å². The van der Waals surface area contributed by atoms with E-state index >= 15 is 0 Å². The number of nitrogens with zero attached hydrogens (tertiary/aromatic N) is 3. The van der Waals surface area contributed by atoms with E-state index in [1.807, 2.05) is 13.0 Å². The third-order valence-electron chi connectivity index (χ3n) is 4.28. The van der Waals surface area contributed by atoms with Crippen molar-refractivity contribution in [3.8, 4) is 0 Å². The van der Waals surface area contributed by atoms with Crippen LogP contribution in [0.1, 0.15) is 51.0 Å². The molecule has 1 fully saturated rings. The summed E-state index contributed by atoms with van der Waals surface area (Å²) in [6.07, 6.45) is 5.41. The molecule has 1 aliphatic carbocycles.